The van der Waals surface area contributed by atoms with E-state index < -0.39 is 0 Å². The SMILES string of the molecule is COC(=O)c1cccc([C@H]2CCN(C)C(=O)[C@@H]2C)c1. The third kappa shape index (κ3) is 2.62. The van der Waals surface area contributed by atoms with Crippen LogP contribution in [0.15, 0.2) is 24.3 Å². The van der Waals surface area contributed by atoms with Crippen molar-refractivity contribution >= 4 is 11.9 Å². The maximum atomic E-state index is 12.0. The smallest absolute Gasteiger partial charge is 0.337 e. The minimum Gasteiger partial charge on any atom is -0.465 e. The van der Waals surface area contributed by atoms with Gasteiger partial charge in [0.25, 0.3) is 0 Å². The van der Waals surface area contributed by atoms with E-state index >= 15 is 0 Å². The Morgan fingerprint density at radius 1 is 1.42 bits per heavy atom. The maximum absolute atomic E-state index is 12.0. The number of hydrogen-bond acceptors (Lipinski definition) is 3. The summed E-state index contributed by atoms with van der Waals surface area (Å²) < 4.78 is 4.73. The fourth-order valence-electron chi connectivity index (χ4n) is 2.68. The highest BCUT2D eigenvalue weighted by atomic mass is 16.5. The number of rotatable bonds is 2. The second-order valence-corrected chi connectivity index (χ2v) is 5.06. The van der Waals surface area contributed by atoms with Crippen molar-refractivity contribution in [2.24, 2.45) is 5.92 Å². The quantitative estimate of drug-likeness (QED) is 0.765. The molecule has 102 valence electrons. The average molecular weight is 261 g/mol. The number of amides is 1. The molecule has 1 aromatic rings. The summed E-state index contributed by atoms with van der Waals surface area (Å²) in [5.74, 6) is -0.0477. The van der Waals surface area contributed by atoms with Crippen LogP contribution < -0.4 is 0 Å². The largest absolute Gasteiger partial charge is 0.465 e. The van der Waals surface area contributed by atoms with Gasteiger partial charge < -0.3 is 9.64 Å². The van der Waals surface area contributed by atoms with Gasteiger partial charge >= 0.3 is 5.97 Å². The van der Waals surface area contributed by atoms with Gasteiger partial charge in [0, 0.05) is 19.5 Å². The van der Waals surface area contributed by atoms with Crippen LogP contribution in [0.5, 0.6) is 0 Å². The number of carbonyl (C=O) groups is 2. The first-order chi connectivity index (χ1) is 9.04. The van der Waals surface area contributed by atoms with Gasteiger partial charge in [-0.2, -0.15) is 0 Å². The van der Waals surface area contributed by atoms with Gasteiger partial charge in [0.15, 0.2) is 0 Å². The number of methoxy groups -OCH3 is 1. The molecule has 0 bridgehead atoms. The van der Waals surface area contributed by atoms with Gasteiger partial charge in [-0.3, -0.25) is 4.79 Å². The van der Waals surface area contributed by atoms with Crippen molar-refractivity contribution in [3.63, 3.8) is 0 Å². The van der Waals surface area contributed by atoms with Crippen molar-refractivity contribution in [3.05, 3.63) is 35.4 Å². The average Bonchev–Trinajstić information content (AvgIpc) is 2.44. The predicted molar refractivity (Wildman–Crippen MR) is 71.9 cm³/mol. The van der Waals surface area contributed by atoms with E-state index in [1.54, 1.807) is 11.0 Å². The van der Waals surface area contributed by atoms with Gasteiger partial charge in [-0.1, -0.05) is 19.1 Å². The Labute approximate surface area is 113 Å². The van der Waals surface area contributed by atoms with E-state index in [0.29, 0.717) is 5.56 Å². The number of piperidine rings is 1. The lowest BCUT2D eigenvalue weighted by Gasteiger charge is -2.34. The van der Waals surface area contributed by atoms with E-state index in [0.717, 1.165) is 18.5 Å². The molecule has 1 amide bonds. The Morgan fingerprint density at radius 3 is 2.84 bits per heavy atom. The zero-order valence-corrected chi connectivity index (χ0v) is 11.6. The molecule has 19 heavy (non-hydrogen) atoms. The molecule has 0 unspecified atom stereocenters. The molecule has 1 heterocycles. The molecule has 0 spiro atoms. The van der Waals surface area contributed by atoms with Gasteiger partial charge in [0.1, 0.15) is 0 Å². The van der Waals surface area contributed by atoms with Crippen molar-refractivity contribution in [3.8, 4) is 0 Å². The molecule has 1 aromatic carbocycles. The summed E-state index contributed by atoms with van der Waals surface area (Å²) in [6.07, 6.45) is 0.925. The fourth-order valence-corrected chi connectivity index (χ4v) is 2.68. The molecule has 0 aromatic heterocycles. The second kappa shape index (κ2) is 5.43. The van der Waals surface area contributed by atoms with E-state index in [4.69, 9.17) is 4.74 Å². The molecule has 0 N–H and O–H groups in total. The third-order valence-corrected chi connectivity index (χ3v) is 3.88. The highest BCUT2D eigenvalue weighted by Gasteiger charge is 2.32. The van der Waals surface area contributed by atoms with Gasteiger partial charge in [-0.25, -0.2) is 4.79 Å². The predicted octanol–water partition coefficient (Wildman–Crippen LogP) is 2.05. The number of ether oxygens (including phenoxy) is 1. The first-order valence-electron chi connectivity index (χ1n) is 6.48. The Morgan fingerprint density at radius 2 is 2.16 bits per heavy atom. The van der Waals surface area contributed by atoms with Crippen LogP contribution in [-0.2, 0) is 9.53 Å². The van der Waals surface area contributed by atoms with Crippen molar-refractivity contribution in [1.29, 1.82) is 0 Å². The van der Waals surface area contributed by atoms with E-state index in [-0.39, 0.29) is 23.7 Å². The van der Waals surface area contributed by atoms with Crippen LogP contribution in [0.3, 0.4) is 0 Å². The van der Waals surface area contributed by atoms with Crippen molar-refractivity contribution < 1.29 is 14.3 Å². The monoisotopic (exact) mass is 261 g/mol. The number of benzene rings is 1. The lowest BCUT2D eigenvalue weighted by Crippen LogP contribution is -2.41. The highest BCUT2D eigenvalue weighted by molar-refractivity contribution is 5.89. The summed E-state index contributed by atoms with van der Waals surface area (Å²) in [5, 5.41) is 0. The van der Waals surface area contributed by atoms with Crippen LogP contribution >= 0.6 is 0 Å². The maximum Gasteiger partial charge on any atom is 0.337 e. The number of carbonyl (C=O) groups excluding carboxylic acids is 2. The van der Waals surface area contributed by atoms with Crippen LogP contribution in [0, 0.1) is 5.92 Å². The molecular weight excluding hydrogens is 242 g/mol. The van der Waals surface area contributed by atoms with Crippen LogP contribution in [0.2, 0.25) is 0 Å². The van der Waals surface area contributed by atoms with Crippen LogP contribution in [0.4, 0.5) is 0 Å². The first kappa shape index (κ1) is 13.6. The van der Waals surface area contributed by atoms with Crippen LogP contribution in [0.25, 0.3) is 0 Å². The minimum atomic E-state index is -0.339. The zero-order chi connectivity index (χ0) is 14.0. The zero-order valence-electron chi connectivity index (χ0n) is 11.6. The summed E-state index contributed by atoms with van der Waals surface area (Å²) in [5.41, 5.74) is 1.58. The summed E-state index contributed by atoms with van der Waals surface area (Å²) in [4.78, 5) is 25.3. The van der Waals surface area contributed by atoms with Crippen molar-refractivity contribution in [1.82, 2.24) is 4.90 Å². The summed E-state index contributed by atoms with van der Waals surface area (Å²) >= 11 is 0. The van der Waals surface area contributed by atoms with Gasteiger partial charge in [0.2, 0.25) is 5.91 Å². The molecule has 1 fully saturated rings. The number of esters is 1. The highest BCUT2D eigenvalue weighted by Crippen LogP contribution is 2.33. The normalized spacial score (nSPS) is 23.3. The van der Waals surface area contributed by atoms with Crippen LogP contribution in [0.1, 0.15) is 35.2 Å². The molecule has 2 rings (SSSR count). The number of likely N-dealkylation sites (tertiary alicyclic amines) is 1. The topological polar surface area (TPSA) is 46.6 Å². The molecule has 1 saturated heterocycles. The standard InChI is InChI=1S/C15H19NO3/c1-10-13(7-8-16(2)14(10)17)11-5-4-6-12(9-11)15(18)19-3/h4-6,9-10,13H,7-8H2,1-3H3/t10-,13+/m1/s1. The molecule has 2 atom stereocenters. The van der Waals surface area contributed by atoms with Crippen molar-refractivity contribution in [2.75, 3.05) is 20.7 Å². The minimum absolute atomic E-state index is 0.0494. The Kier molecular flexibility index (Phi) is 3.88. The van der Waals surface area contributed by atoms with Crippen molar-refractivity contribution in [2.45, 2.75) is 19.3 Å². The Balaban J connectivity index is 2.27. The molecule has 0 aliphatic carbocycles. The molecule has 4 heteroatoms. The van der Waals surface area contributed by atoms with Gasteiger partial charge in [0.05, 0.1) is 12.7 Å². The molecule has 0 radical (unpaired) electrons. The van der Waals surface area contributed by atoms with E-state index in [2.05, 4.69) is 0 Å². The lowest BCUT2D eigenvalue weighted by atomic mass is 9.81. The van der Waals surface area contributed by atoms with E-state index in [9.17, 15) is 9.59 Å². The van der Waals surface area contributed by atoms with E-state index in [1.165, 1.54) is 7.11 Å². The Bertz CT molecular complexity index is 498. The van der Waals surface area contributed by atoms with Crippen LogP contribution in [-0.4, -0.2) is 37.5 Å². The second-order valence-electron chi connectivity index (χ2n) is 5.06. The molecular formula is C15H19NO3. The summed E-state index contributed by atoms with van der Waals surface area (Å²) in [7, 11) is 3.21. The van der Waals surface area contributed by atoms with Gasteiger partial charge in [-0.15, -0.1) is 0 Å². The number of hydrogen-bond donors (Lipinski definition) is 0. The molecule has 1 aliphatic heterocycles. The molecule has 0 saturated carbocycles. The number of nitrogens with zero attached hydrogens (tertiary/aromatic N) is 1. The van der Waals surface area contributed by atoms with E-state index in [1.807, 2.05) is 32.2 Å². The fraction of sp³-hybridized carbons (Fsp3) is 0.467. The molecule has 1 aliphatic rings. The van der Waals surface area contributed by atoms with Gasteiger partial charge in [-0.05, 0) is 30.0 Å². The Hall–Kier alpha value is -1.84. The third-order valence-electron chi connectivity index (χ3n) is 3.88. The summed E-state index contributed by atoms with van der Waals surface area (Å²) in [6, 6.07) is 7.39. The summed E-state index contributed by atoms with van der Waals surface area (Å²) in [6.45, 7) is 2.71. The first-order valence-corrected chi connectivity index (χ1v) is 6.48. The molecule has 4 nitrogen and oxygen atoms in total. The lowest BCUT2D eigenvalue weighted by molar-refractivity contribution is -0.137.